The Labute approximate surface area is 98.8 Å². The van der Waals surface area contributed by atoms with Gasteiger partial charge in [-0.05, 0) is 29.0 Å². The molecule has 84 valence electrons. The van der Waals surface area contributed by atoms with E-state index in [4.69, 9.17) is 0 Å². The van der Waals surface area contributed by atoms with Crippen molar-refractivity contribution >= 4 is 28.7 Å². The van der Waals surface area contributed by atoms with Crippen molar-refractivity contribution in [2.24, 2.45) is 0 Å². The Morgan fingerprint density at radius 1 is 1.24 bits per heavy atom. The molecule has 1 amide bonds. The molecule has 0 atom stereocenters. The van der Waals surface area contributed by atoms with E-state index in [2.05, 4.69) is 11.9 Å². The molecule has 17 heavy (non-hydrogen) atoms. The average molecular weight is 225 g/mol. The molecule has 2 aromatic carbocycles. The number of carbonyl (C=O) groups excluding carboxylic acids is 2. The third-order valence-corrected chi connectivity index (χ3v) is 2.47. The standard InChI is InChI=1S/C14H11NO2/c1-2-14(17)15-12-7-10-5-3-4-6-13(10)11(8-12)9-16/h2-9H,1H2,(H,15,17). The van der Waals surface area contributed by atoms with E-state index >= 15 is 0 Å². The van der Waals surface area contributed by atoms with Crippen molar-refractivity contribution in [3.63, 3.8) is 0 Å². The lowest BCUT2D eigenvalue weighted by atomic mass is 10.0. The maximum Gasteiger partial charge on any atom is 0.247 e. The van der Waals surface area contributed by atoms with Gasteiger partial charge >= 0.3 is 0 Å². The molecule has 0 bridgehead atoms. The Bertz CT molecular complexity index is 602. The van der Waals surface area contributed by atoms with E-state index in [1.165, 1.54) is 6.08 Å². The number of anilines is 1. The first-order valence-electron chi connectivity index (χ1n) is 5.16. The number of hydrogen-bond acceptors (Lipinski definition) is 2. The molecule has 0 aromatic heterocycles. The number of benzene rings is 2. The van der Waals surface area contributed by atoms with Crippen LogP contribution in [0.25, 0.3) is 10.8 Å². The molecule has 0 saturated carbocycles. The van der Waals surface area contributed by atoms with E-state index in [1.807, 2.05) is 30.3 Å². The lowest BCUT2D eigenvalue weighted by molar-refractivity contribution is -0.111. The monoisotopic (exact) mass is 225 g/mol. The first kappa shape index (κ1) is 11.1. The summed E-state index contributed by atoms with van der Waals surface area (Å²) in [5.74, 6) is -0.294. The molecular weight excluding hydrogens is 214 g/mol. The van der Waals surface area contributed by atoms with Crippen molar-refractivity contribution < 1.29 is 9.59 Å². The molecule has 1 N–H and O–H groups in total. The smallest absolute Gasteiger partial charge is 0.247 e. The summed E-state index contributed by atoms with van der Waals surface area (Å²) < 4.78 is 0. The van der Waals surface area contributed by atoms with Gasteiger partial charge in [-0.15, -0.1) is 0 Å². The van der Waals surface area contributed by atoms with Crippen LogP contribution in [0.5, 0.6) is 0 Å². The Morgan fingerprint density at radius 2 is 2.00 bits per heavy atom. The zero-order valence-electron chi connectivity index (χ0n) is 9.14. The normalized spacial score (nSPS) is 9.88. The highest BCUT2D eigenvalue weighted by Crippen LogP contribution is 2.22. The van der Waals surface area contributed by atoms with Gasteiger partial charge in [0.05, 0.1) is 0 Å². The molecule has 0 fully saturated rings. The van der Waals surface area contributed by atoms with Crippen LogP contribution in [0, 0.1) is 0 Å². The third-order valence-electron chi connectivity index (χ3n) is 2.47. The van der Waals surface area contributed by atoms with Crippen LogP contribution in [0.15, 0.2) is 49.1 Å². The fourth-order valence-electron chi connectivity index (χ4n) is 1.70. The van der Waals surface area contributed by atoms with Crippen molar-refractivity contribution in [2.75, 3.05) is 5.32 Å². The van der Waals surface area contributed by atoms with Crippen LogP contribution in [-0.2, 0) is 4.79 Å². The van der Waals surface area contributed by atoms with E-state index in [0.29, 0.717) is 11.3 Å². The molecule has 0 aliphatic rings. The largest absolute Gasteiger partial charge is 0.322 e. The van der Waals surface area contributed by atoms with Gasteiger partial charge in [-0.25, -0.2) is 0 Å². The second-order valence-corrected chi connectivity index (χ2v) is 3.60. The Kier molecular flexibility index (Phi) is 3.01. The second kappa shape index (κ2) is 4.61. The van der Waals surface area contributed by atoms with Crippen molar-refractivity contribution in [3.8, 4) is 0 Å². The van der Waals surface area contributed by atoms with Gasteiger partial charge in [0, 0.05) is 11.3 Å². The molecule has 0 aliphatic heterocycles. The van der Waals surface area contributed by atoms with Gasteiger partial charge in [0.2, 0.25) is 5.91 Å². The number of fused-ring (bicyclic) bond motifs is 1. The average Bonchev–Trinajstić information content (AvgIpc) is 2.37. The molecule has 0 unspecified atom stereocenters. The van der Waals surface area contributed by atoms with E-state index < -0.39 is 0 Å². The lowest BCUT2D eigenvalue weighted by Gasteiger charge is -2.06. The molecule has 0 saturated heterocycles. The highest BCUT2D eigenvalue weighted by molar-refractivity contribution is 6.04. The molecule has 2 rings (SSSR count). The molecule has 0 radical (unpaired) electrons. The highest BCUT2D eigenvalue weighted by Gasteiger charge is 2.04. The highest BCUT2D eigenvalue weighted by atomic mass is 16.1. The quantitative estimate of drug-likeness (QED) is 0.645. The van der Waals surface area contributed by atoms with Crippen molar-refractivity contribution in [3.05, 3.63) is 54.6 Å². The second-order valence-electron chi connectivity index (χ2n) is 3.60. The SMILES string of the molecule is C=CC(=O)Nc1cc(C=O)c2ccccc2c1. The minimum atomic E-state index is -0.294. The van der Waals surface area contributed by atoms with Gasteiger partial charge < -0.3 is 5.32 Å². The van der Waals surface area contributed by atoms with E-state index in [9.17, 15) is 9.59 Å². The number of hydrogen-bond donors (Lipinski definition) is 1. The van der Waals surface area contributed by atoms with Crippen LogP contribution < -0.4 is 5.32 Å². The Hall–Kier alpha value is -2.42. The first-order chi connectivity index (χ1) is 8.24. The van der Waals surface area contributed by atoms with Gasteiger partial charge in [-0.3, -0.25) is 9.59 Å². The minimum Gasteiger partial charge on any atom is -0.322 e. The predicted octanol–water partition coefficient (Wildman–Crippen LogP) is 2.78. The summed E-state index contributed by atoms with van der Waals surface area (Å²) in [5.41, 5.74) is 1.15. The summed E-state index contributed by atoms with van der Waals surface area (Å²) in [6, 6.07) is 11.0. The number of carbonyl (C=O) groups is 2. The summed E-state index contributed by atoms with van der Waals surface area (Å²) in [6.45, 7) is 3.38. The van der Waals surface area contributed by atoms with Gasteiger partial charge in [0.15, 0.2) is 6.29 Å². The predicted molar refractivity (Wildman–Crippen MR) is 68.2 cm³/mol. The summed E-state index contributed by atoms with van der Waals surface area (Å²) in [4.78, 5) is 22.2. The van der Waals surface area contributed by atoms with Crippen LogP contribution in [0.4, 0.5) is 5.69 Å². The number of amides is 1. The van der Waals surface area contributed by atoms with Crippen molar-refractivity contribution in [1.29, 1.82) is 0 Å². The maximum absolute atomic E-state index is 11.2. The molecule has 0 spiro atoms. The zero-order chi connectivity index (χ0) is 12.3. The maximum atomic E-state index is 11.2. The molecular formula is C14H11NO2. The number of aldehydes is 1. The lowest BCUT2D eigenvalue weighted by Crippen LogP contribution is -2.07. The topological polar surface area (TPSA) is 46.2 Å². The van der Waals surface area contributed by atoms with Crippen LogP contribution >= 0.6 is 0 Å². The summed E-state index contributed by atoms with van der Waals surface area (Å²) in [6.07, 6.45) is 1.97. The van der Waals surface area contributed by atoms with E-state index in [1.54, 1.807) is 6.07 Å². The third kappa shape index (κ3) is 2.23. The fourth-order valence-corrected chi connectivity index (χ4v) is 1.70. The number of rotatable bonds is 3. The van der Waals surface area contributed by atoms with E-state index in [-0.39, 0.29) is 5.91 Å². The van der Waals surface area contributed by atoms with Gasteiger partial charge in [-0.2, -0.15) is 0 Å². The minimum absolute atomic E-state index is 0.294. The number of nitrogens with one attached hydrogen (secondary N) is 1. The van der Waals surface area contributed by atoms with Gasteiger partial charge in [-0.1, -0.05) is 30.8 Å². The summed E-state index contributed by atoms with van der Waals surface area (Å²) >= 11 is 0. The fraction of sp³-hybridized carbons (Fsp3) is 0. The van der Waals surface area contributed by atoms with Crippen molar-refractivity contribution in [2.45, 2.75) is 0 Å². The van der Waals surface area contributed by atoms with Crippen LogP contribution in [-0.4, -0.2) is 12.2 Å². The molecule has 0 aliphatic carbocycles. The zero-order valence-corrected chi connectivity index (χ0v) is 9.14. The summed E-state index contributed by atoms with van der Waals surface area (Å²) in [7, 11) is 0. The van der Waals surface area contributed by atoms with Crippen molar-refractivity contribution in [1.82, 2.24) is 0 Å². The van der Waals surface area contributed by atoms with Crippen LogP contribution in [0.2, 0.25) is 0 Å². The molecule has 3 nitrogen and oxygen atoms in total. The first-order valence-corrected chi connectivity index (χ1v) is 5.16. The molecule has 0 heterocycles. The Morgan fingerprint density at radius 3 is 2.71 bits per heavy atom. The van der Waals surface area contributed by atoms with Crippen LogP contribution in [0.1, 0.15) is 10.4 Å². The molecule has 2 aromatic rings. The molecule has 3 heteroatoms. The van der Waals surface area contributed by atoms with Gasteiger partial charge in [0.25, 0.3) is 0 Å². The van der Waals surface area contributed by atoms with E-state index in [0.717, 1.165) is 17.1 Å². The Balaban J connectivity index is 2.56. The van der Waals surface area contributed by atoms with Crippen LogP contribution in [0.3, 0.4) is 0 Å². The van der Waals surface area contributed by atoms with Gasteiger partial charge in [0.1, 0.15) is 0 Å². The summed E-state index contributed by atoms with van der Waals surface area (Å²) in [5, 5.41) is 4.43.